The quantitative estimate of drug-likeness (QED) is 0.868. The number of hydrogen-bond acceptors (Lipinski definition) is 4. The lowest BCUT2D eigenvalue weighted by Crippen LogP contribution is -2.17. The van der Waals surface area contributed by atoms with Gasteiger partial charge in [-0.3, -0.25) is 5.32 Å². The van der Waals surface area contributed by atoms with Crippen molar-refractivity contribution in [2.24, 2.45) is 5.92 Å². The zero-order valence-corrected chi connectivity index (χ0v) is 10.7. The Labute approximate surface area is 112 Å². The van der Waals surface area contributed by atoms with E-state index >= 15 is 0 Å². The molecule has 1 atom stereocenters. The lowest BCUT2D eigenvalue weighted by molar-refractivity contribution is 0.154. The fourth-order valence-corrected chi connectivity index (χ4v) is 2.10. The Morgan fingerprint density at radius 3 is 3.21 bits per heavy atom. The standard InChI is InChI=1S/C14H17N3O2/c15-9-12-2-1-3-13(8-12)17-14(18)19-7-5-11-4-6-16-10-11/h1-3,8,11,16H,4-7,10H2,(H,17,18). The van der Waals surface area contributed by atoms with Gasteiger partial charge in [0.2, 0.25) is 0 Å². The average molecular weight is 259 g/mol. The molecule has 1 amide bonds. The van der Waals surface area contributed by atoms with Crippen molar-refractivity contribution in [3.05, 3.63) is 29.8 Å². The summed E-state index contributed by atoms with van der Waals surface area (Å²) in [5, 5.41) is 14.6. The minimum Gasteiger partial charge on any atom is -0.449 e. The molecule has 1 unspecified atom stereocenters. The van der Waals surface area contributed by atoms with E-state index in [9.17, 15) is 4.79 Å². The van der Waals surface area contributed by atoms with E-state index in [4.69, 9.17) is 10.00 Å². The minimum atomic E-state index is -0.471. The van der Waals surface area contributed by atoms with Gasteiger partial charge in [-0.25, -0.2) is 4.79 Å². The van der Waals surface area contributed by atoms with E-state index in [0.717, 1.165) is 25.9 Å². The molecule has 0 bridgehead atoms. The van der Waals surface area contributed by atoms with E-state index in [0.29, 0.717) is 23.8 Å². The normalized spacial score (nSPS) is 17.7. The molecule has 0 saturated carbocycles. The van der Waals surface area contributed by atoms with Gasteiger partial charge in [0.15, 0.2) is 0 Å². The van der Waals surface area contributed by atoms with Crippen LogP contribution in [0.25, 0.3) is 0 Å². The fourth-order valence-electron chi connectivity index (χ4n) is 2.10. The van der Waals surface area contributed by atoms with Crippen molar-refractivity contribution in [2.45, 2.75) is 12.8 Å². The maximum absolute atomic E-state index is 11.6. The first-order valence-corrected chi connectivity index (χ1v) is 6.42. The van der Waals surface area contributed by atoms with Crippen LogP contribution >= 0.6 is 0 Å². The minimum absolute atomic E-state index is 0.427. The summed E-state index contributed by atoms with van der Waals surface area (Å²) in [6.07, 6.45) is 1.56. The molecule has 1 heterocycles. The summed E-state index contributed by atoms with van der Waals surface area (Å²) in [7, 11) is 0. The molecule has 0 aromatic heterocycles. The van der Waals surface area contributed by atoms with E-state index in [-0.39, 0.29) is 0 Å². The van der Waals surface area contributed by atoms with Crippen molar-refractivity contribution in [3.8, 4) is 6.07 Å². The number of ether oxygens (including phenoxy) is 1. The molecule has 1 aliphatic rings. The Kier molecular flexibility index (Phi) is 4.76. The third-order valence-corrected chi connectivity index (χ3v) is 3.16. The van der Waals surface area contributed by atoms with Crippen LogP contribution in [0.5, 0.6) is 0 Å². The zero-order chi connectivity index (χ0) is 13.5. The van der Waals surface area contributed by atoms with Crippen LogP contribution in [0.1, 0.15) is 18.4 Å². The van der Waals surface area contributed by atoms with E-state index in [1.54, 1.807) is 24.3 Å². The highest BCUT2D eigenvalue weighted by molar-refractivity contribution is 5.84. The van der Waals surface area contributed by atoms with Crippen LogP contribution in [0.2, 0.25) is 0 Å². The molecule has 2 rings (SSSR count). The van der Waals surface area contributed by atoms with Crippen molar-refractivity contribution < 1.29 is 9.53 Å². The second-order valence-corrected chi connectivity index (χ2v) is 4.60. The van der Waals surface area contributed by atoms with E-state index in [1.807, 2.05) is 6.07 Å². The number of nitrogens with zero attached hydrogens (tertiary/aromatic N) is 1. The summed E-state index contributed by atoms with van der Waals surface area (Å²) >= 11 is 0. The molecule has 1 aliphatic heterocycles. The molecule has 0 aliphatic carbocycles. The van der Waals surface area contributed by atoms with Gasteiger partial charge in [-0.1, -0.05) is 6.07 Å². The fraction of sp³-hybridized carbons (Fsp3) is 0.429. The SMILES string of the molecule is N#Cc1cccc(NC(=O)OCCC2CCNC2)c1. The van der Waals surface area contributed by atoms with E-state index in [1.165, 1.54) is 0 Å². The highest BCUT2D eigenvalue weighted by Gasteiger charge is 2.14. The Balaban J connectivity index is 1.72. The summed E-state index contributed by atoms with van der Waals surface area (Å²) in [4.78, 5) is 11.6. The van der Waals surface area contributed by atoms with Crippen molar-refractivity contribution in [1.29, 1.82) is 5.26 Å². The van der Waals surface area contributed by atoms with Crippen LogP contribution in [0, 0.1) is 17.2 Å². The van der Waals surface area contributed by atoms with Crippen LogP contribution < -0.4 is 10.6 Å². The molecule has 5 heteroatoms. The Hall–Kier alpha value is -2.06. The molecule has 0 radical (unpaired) electrons. The van der Waals surface area contributed by atoms with Crippen LogP contribution in [0.15, 0.2) is 24.3 Å². The molecular formula is C14H17N3O2. The second kappa shape index (κ2) is 6.76. The Bertz CT molecular complexity index is 476. The molecule has 1 fully saturated rings. The molecule has 2 N–H and O–H groups in total. The monoisotopic (exact) mass is 259 g/mol. The summed E-state index contributed by atoms with van der Waals surface area (Å²) in [6, 6.07) is 8.76. The number of nitrogens with one attached hydrogen (secondary N) is 2. The third kappa shape index (κ3) is 4.27. The molecule has 0 spiro atoms. The first kappa shape index (κ1) is 13.4. The number of benzene rings is 1. The number of hydrogen-bond donors (Lipinski definition) is 2. The second-order valence-electron chi connectivity index (χ2n) is 4.60. The number of amides is 1. The smallest absolute Gasteiger partial charge is 0.411 e. The Morgan fingerprint density at radius 1 is 1.58 bits per heavy atom. The van der Waals surface area contributed by atoms with Gasteiger partial charge in [0.1, 0.15) is 0 Å². The maximum Gasteiger partial charge on any atom is 0.411 e. The number of rotatable bonds is 4. The van der Waals surface area contributed by atoms with Gasteiger partial charge in [0.05, 0.1) is 18.2 Å². The first-order chi connectivity index (χ1) is 9.28. The number of carbonyl (C=O) groups is 1. The largest absolute Gasteiger partial charge is 0.449 e. The van der Waals surface area contributed by atoms with Gasteiger partial charge in [0, 0.05) is 5.69 Å². The lowest BCUT2D eigenvalue weighted by atomic mass is 10.1. The molecule has 100 valence electrons. The first-order valence-electron chi connectivity index (χ1n) is 6.42. The lowest BCUT2D eigenvalue weighted by Gasteiger charge is -2.10. The van der Waals surface area contributed by atoms with Gasteiger partial charge in [-0.15, -0.1) is 0 Å². The maximum atomic E-state index is 11.6. The van der Waals surface area contributed by atoms with Crippen molar-refractivity contribution in [1.82, 2.24) is 5.32 Å². The van der Waals surface area contributed by atoms with Crippen molar-refractivity contribution >= 4 is 11.8 Å². The summed E-state index contributed by atoms with van der Waals surface area (Å²) in [5.74, 6) is 0.606. The highest BCUT2D eigenvalue weighted by atomic mass is 16.5. The Morgan fingerprint density at radius 2 is 2.47 bits per heavy atom. The van der Waals surface area contributed by atoms with Gasteiger partial charge in [-0.05, 0) is 50.0 Å². The van der Waals surface area contributed by atoms with E-state index in [2.05, 4.69) is 10.6 Å². The predicted molar refractivity (Wildman–Crippen MR) is 71.7 cm³/mol. The van der Waals surface area contributed by atoms with Crippen LogP contribution in [-0.4, -0.2) is 25.8 Å². The summed E-state index contributed by atoms with van der Waals surface area (Å²) in [6.45, 7) is 2.49. The van der Waals surface area contributed by atoms with Gasteiger partial charge in [-0.2, -0.15) is 5.26 Å². The number of nitriles is 1. The van der Waals surface area contributed by atoms with Crippen molar-refractivity contribution in [3.63, 3.8) is 0 Å². The highest BCUT2D eigenvalue weighted by Crippen LogP contribution is 2.13. The molecular weight excluding hydrogens is 242 g/mol. The summed E-state index contributed by atoms with van der Waals surface area (Å²) in [5.41, 5.74) is 1.08. The van der Waals surface area contributed by atoms with Crippen molar-refractivity contribution in [2.75, 3.05) is 25.0 Å². The van der Waals surface area contributed by atoms with Gasteiger partial charge >= 0.3 is 6.09 Å². The van der Waals surface area contributed by atoms with Crippen LogP contribution in [0.3, 0.4) is 0 Å². The van der Waals surface area contributed by atoms with Gasteiger partial charge in [0.25, 0.3) is 0 Å². The molecule has 1 aromatic rings. The third-order valence-electron chi connectivity index (χ3n) is 3.16. The topological polar surface area (TPSA) is 74.2 Å². The number of carbonyl (C=O) groups excluding carboxylic acids is 1. The van der Waals surface area contributed by atoms with E-state index < -0.39 is 6.09 Å². The molecule has 1 saturated heterocycles. The predicted octanol–water partition coefficient (Wildman–Crippen LogP) is 2.11. The average Bonchev–Trinajstić information content (AvgIpc) is 2.92. The molecule has 1 aromatic carbocycles. The molecule has 19 heavy (non-hydrogen) atoms. The van der Waals surface area contributed by atoms with Crippen LogP contribution in [0.4, 0.5) is 10.5 Å². The number of anilines is 1. The van der Waals surface area contributed by atoms with Gasteiger partial charge < -0.3 is 10.1 Å². The van der Waals surface area contributed by atoms with Crippen LogP contribution in [-0.2, 0) is 4.74 Å². The summed E-state index contributed by atoms with van der Waals surface area (Å²) < 4.78 is 5.12. The zero-order valence-electron chi connectivity index (χ0n) is 10.7. The molecule has 5 nitrogen and oxygen atoms in total.